The van der Waals surface area contributed by atoms with Gasteiger partial charge in [-0.25, -0.2) is 9.67 Å². The van der Waals surface area contributed by atoms with Gasteiger partial charge in [0.05, 0.1) is 31.3 Å². The lowest BCUT2D eigenvalue weighted by atomic mass is 10.1. The van der Waals surface area contributed by atoms with Gasteiger partial charge in [0.2, 0.25) is 5.91 Å². The Morgan fingerprint density at radius 3 is 2.74 bits per heavy atom. The normalized spacial score (nSPS) is 24.9. The Morgan fingerprint density at radius 2 is 2.00 bits per heavy atom. The molecule has 5 atom stereocenters. The van der Waals surface area contributed by atoms with Gasteiger partial charge in [-0.3, -0.25) is 9.36 Å². The number of aromatic nitrogens is 6. The molecule has 5 heterocycles. The van der Waals surface area contributed by atoms with Crippen molar-refractivity contribution in [2.24, 2.45) is 5.73 Å². The Kier molecular flexibility index (Phi) is 6.73. The largest absolute Gasteiger partial charge is 0.388 e. The third-order valence-corrected chi connectivity index (χ3v) is 7.14. The predicted molar refractivity (Wildman–Crippen MR) is 140 cm³/mol. The van der Waals surface area contributed by atoms with Crippen molar-refractivity contribution in [3.8, 4) is 17.1 Å². The first-order valence-electron chi connectivity index (χ1n) is 12.9. The van der Waals surface area contributed by atoms with Gasteiger partial charge < -0.3 is 30.7 Å². The van der Waals surface area contributed by atoms with E-state index < -0.39 is 30.4 Å². The van der Waals surface area contributed by atoms with Crippen LogP contribution < -0.4 is 11.1 Å². The van der Waals surface area contributed by atoms with Gasteiger partial charge in [-0.15, -0.1) is 0 Å². The number of aryl methyl sites for hydroxylation is 1. The summed E-state index contributed by atoms with van der Waals surface area (Å²) in [5.74, 6) is 0.280. The Hall–Kier alpha value is -3.91. The topological polar surface area (TPSA) is 175 Å². The number of fused-ring (bicyclic) bond motifs is 1. The van der Waals surface area contributed by atoms with Crippen LogP contribution in [-0.4, -0.2) is 83.0 Å². The molecule has 2 fully saturated rings. The fourth-order valence-corrected chi connectivity index (χ4v) is 4.95. The van der Waals surface area contributed by atoms with Gasteiger partial charge in [0.25, 0.3) is 5.95 Å². The summed E-state index contributed by atoms with van der Waals surface area (Å²) in [5.41, 5.74) is 9.20. The Balaban J connectivity index is 1.38. The van der Waals surface area contributed by atoms with E-state index in [4.69, 9.17) is 25.2 Å². The number of carbonyl (C=O) groups is 1. The minimum absolute atomic E-state index is 0.0261. The highest BCUT2D eigenvalue weighted by atomic mass is 16.6. The average molecular weight is 535 g/mol. The lowest BCUT2D eigenvalue weighted by molar-refractivity contribution is -0.119. The maximum atomic E-state index is 11.3. The SMILES string of the molecule is Cc1ccc(-c2cnn(-c3nc(N[C@@H]4CCOC4)c4ncn([C@@H]5O[C@@H](CCC(N)=O)[C@@H](O)[C@@H]5O)c4n3)c2)cc1. The van der Waals surface area contributed by atoms with Gasteiger partial charge in [0.15, 0.2) is 23.2 Å². The minimum Gasteiger partial charge on any atom is -0.388 e. The van der Waals surface area contributed by atoms with Crippen molar-refractivity contribution < 1.29 is 24.5 Å². The highest BCUT2D eigenvalue weighted by Gasteiger charge is 2.44. The van der Waals surface area contributed by atoms with E-state index in [-0.39, 0.29) is 18.9 Å². The van der Waals surface area contributed by atoms with E-state index in [1.54, 1.807) is 15.4 Å². The molecule has 6 rings (SSSR count). The summed E-state index contributed by atoms with van der Waals surface area (Å²) in [6, 6.07) is 8.19. The molecule has 2 aliphatic rings. The fraction of sp³-hybridized carbons (Fsp3) is 0.423. The van der Waals surface area contributed by atoms with E-state index in [0.29, 0.717) is 36.1 Å². The zero-order valence-electron chi connectivity index (χ0n) is 21.3. The number of nitrogens with zero attached hydrogens (tertiary/aromatic N) is 6. The number of primary amides is 1. The molecule has 13 nitrogen and oxygen atoms in total. The number of anilines is 1. The molecule has 0 aliphatic carbocycles. The first kappa shape index (κ1) is 25.4. The summed E-state index contributed by atoms with van der Waals surface area (Å²) in [7, 11) is 0. The second-order valence-electron chi connectivity index (χ2n) is 9.99. The molecule has 5 N–H and O–H groups in total. The molecule has 39 heavy (non-hydrogen) atoms. The van der Waals surface area contributed by atoms with E-state index in [0.717, 1.165) is 23.1 Å². The van der Waals surface area contributed by atoms with Crippen molar-refractivity contribution in [1.29, 1.82) is 0 Å². The number of amides is 1. The first-order chi connectivity index (χ1) is 18.9. The quantitative estimate of drug-likeness (QED) is 0.256. The molecule has 204 valence electrons. The summed E-state index contributed by atoms with van der Waals surface area (Å²) in [5, 5.41) is 29.3. The highest BCUT2D eigenvalue weighted by molar-refractivity contribution is 5.84. The van der Waals surface area contributed by atoms with Gasteiger partial charge in [-0.05, 0) is 25.3 Å². The van der Waals surface area contributed by atoms with Gasteiger partial charge >= 0.3 is 0 Å². The molecule has 2 saturated heterocycles. The summed E-state index contributed by atoms with van der Waals surface area (Å²) >= 11 is 0. The van der Waals surface area contributed by atoms with Gasteiger partial charge in [0.1, 0.15) is 12.2 Å². The molecular formula is C26H30N8O5. The number of ether oxygens (including phenoxy) is 2. The van der Waals surface area contributed by atoms with Crippen LogP contribution in [-0.2, 0) is 14.3 Å². The standard InChI is InChI=1S/C26H30N8O5/c1-14-2-4-15(5-3-14)16-10-29-34(11-16)26-31-23(30-17-8-9-38-12-17)20-24(32-26)33(13-28-20)25-22(37)21(36)18(39-25)6-7-19(27)35/h2-5,10-11,13,17-18,21-22,25,36-37H,6-9,12H2,1H3,(H2,27,35)(H,30,31,32)/t17-,18+,21-,22+,25-/m1/s1. The molecular weight excluding hydrogens is 504 g/mol. The maximum Gasteiger partial charge on any atom is 0.254 e. The van der Waals surface area contributed by atoms with Crippen molar-refractivity contribution in [3.05, 3.63) is 48.5 Å². The van der Waals surface area contributed by atoms with Gasteiger partial charge in [-0.2, -0.15) is 15.1 Å². The van der Waals surface area contributed by atoms with Crippen LogP contribution >= 0.6 is 0 Å². The van der Waals surface area contributed by atoms with Gasteiger partial charge in [0, 0.05) is 24.8 Å². The molecule has 3 aromatic heterocycles. The molecule has 0 bridgehead atoms. The molecule has 0 saturated carbocycles. The van der Waals surface area contributed by atoms with Crippen LogP contribution in [0.5, 0.6) is 0 Å². The van der Waals surface area contributed by atoms with E-state index >= 15 is 0 Å². The third kappa shape index (κ3) is 4.96. The number of aliphatic hydroxyl groups excluding tert-OH is 2. The molecule has 4 aromatic rings. The average Bonchev–Trinajstić information content (AvgIpc) is 3.72. The fourth-order valence-electron chi connectivity index (χ4n) is 4.95. The van der Waals surface area contributed by atoms with Crippen LogP contribution in [0.3, 0.4) is 0 Å². The smallest absolute Gasteiger partial charge is 0.254 e. The van der Waals surface area contributed by atoms with Crippen LogP contribution in [0.2, 0.25) is 0 Å². The Bertz CT molecular complexity index is 1480. The third-order valence-electron chi connectivity index (χ3n) is 7.14. The highest BCUT2D eigenvalue weighted by Crippen LogP contribution is 2.34. The summed E-state index contributed by atoms with van der Waals surface area (Å²) in [4.78, 5) is 25.2. The summed E-state index contributed by atoms with van der Waals surface area (Å²) in [6.07, 6.45) is 1.90. The molecule has 2 aliphatic heterocycles. The molecule has 0 unspecified atom stereocenters. The molecule has 1 aromatic carbocycles. The molecule has 13 heteroatoms. The van der Waals surface area contributed by atoms with Crippen molar-refractivity contribution in [2.45, 2.75) is 56.8 Å². The second kappa shape index (κ2) is 10.3. The van der Waals surface area contributed by atoms with Crippen LogP contribution in [0.4, 0.5) is 5.82 Å². The number of hydrogen-bond donors (Lipinski definition) is 4. The van der Waals surface area contributed by atoms with Crippen molar-refractivity contribution in [2.75, 3.05) is 18.5 Å². The van der Waals surface area contributed by atoms with Crippen LogP contribution in [0.1, 0.15) is 31.1 Å². The zero-order valence-corrected chi connectivity index (χ0v) is 21.3. The van der Waals surface area contributed by atoms with E-state index in [1.807, 2.05) is 37.4 Å². The summed E-state index contributed by atoms with van der Waals surface area (Å²) < 4.78 is 14.6. The van der Waals surface area contributed by atoms with Crippen molar-refractivity contribution in [3.63, 3.8) is 0 Å². The number of carbonyl (C=O) groups excluding carboxylic acids is 1. The van der Waals surface area contributed by atoms with Crippen LogP contribution in [0.15, 0.2) is 43.0 Å². The van der Waals surface area contributed by atoms with Crippen LogP contribution in [0, 0.1) is 6.92 Å². The monoisotopic (exact) mass is 534 g/mol. The number of hydrogen-bond acceptors (Lipinski definition) is 10. The minimum atomic E-state index is -1.27. The lowest BCUT2D eigenvalue weighted by Gasteiger charge is -2.17. The van der Waals surface area contributed by atoms with Crippen molar-refractivity contribution in [1.82, 2.24) is 29.3 Å². The van der Waals surface area contributed by atoms with Gasteiger partial charge in [-0.1, -0.05) is 29.8 Å². The number of imidazole rings is 1. The predicted octanol–water partition coefficient (Wildman–Crippen LogP) is 1.07. The number of aliphatic hydroxyl groups is 2. The summed E-state index contributed by atoms with van der Waals surface area (Å²) in [6.45, 7) is 3.23. The Labute approximate surface area is 223 Å². The molecule has 0 radical (unpaired) electrons. The first-order valence-corrected chi connectivity index (χ1v) is 12.9. The molecule has 0 spiro atoms. The zero-order chi connectivity index (χ0) is 27.1. The lowest BCUT2D eigenvalue weighted by Crippen LogP contribution is -2.32. The number of benzene rings is 1. The van der Waals surface area contributed by atoms with Crippen molar-refractivity contribution >= 4 is 22.9 Å². The van der Waals surface area contributed by atoms with E-state index in [2.05, 4.69) is 15.4 Å². The number of nitrogens with one attached hydrogen (secondary N) is 1. The number of nitrogens with two attached hydrogens (primary N) is 1. The van der Waals surface area contributed by atoms with Crippen LogP contribution in [0.25, 0.3) is 28.2 Å². The van der Waals surface area contributed by atoms with E-state index in [1.165, 1.54) is 6.33 Å². The van der Waals surface area contributed by atoms with E-state index in [9.17, 15) is 15.0 Å². The molecule has 1 amide bonds. The maximum absolute atomic E-state index is 11.3. The number of rotatable bonds is 8. The Morgan fingerprint density at radius 1 is 1.18 bits per heavy atom. The second-order valence-corrected chi connectivity index (χ2v) is 9.99.